The number of aromatic amines is 1. The third-order valence-corrected chi connectivity index (χ3v) is 2.48. The summed E-state index contributed by atoms with van der Waals surface area (Å²) in [5.74, 6) is 1.23. The number of nitrogen functional groups attached to an aromatic ring is 1. The molecular formula is C11H10N4O. The minimum absolute atomic E-state index is 0.414. The maximum absolute atomic E-state index is 5.64. The maximum Gasteiger partial charge on any atom is 0.174 e. The zero-order valence-electron chi connectivity index (χ0n) is 8.69. The number of aryl methyl sites for hydroxylation is 1. The number of benzene rings is 1. The summed E-state index contributed by atoms with van der Waals surface area (Å²) < 4.78 is 5.10. The van der Waals surface area contributed by atoms with E-state index in [0.29, 0.717) is 11.4 Å². The molecule has 0 aliphatic carbocycles. The second-order valence-electron chi connectivity index (χ2n) is 3.69. The summed E-state index contributed by atoms with van der Waals surface area (Å²) in [7, 11) is 0. The molecule has 0 unspecified atom stereocenters. The Morgan fingerprint density at radius 1 is 1.38 bits per heavy atom. The second kappa shape index (κ2) is 3.10. The first-order chi connectivity index (χ1) is 7.74. The molecule has 3 aromatic rings. The monoisotopic (exact) mass is 214 g/mol. The number of aromatic nitrogens is 3. The second-order valence-corrected chi connectivity index (χ2v) is 3.69. The topological polar surface area (TPSA) is 80.7 Å². The Hall–Kier alpha value is -2.30. The molecule has 0 radical (unpaired) electrons. The van der Waals surface area contributed by atoms with E-state index in [1.54, 1.807) is 6.20 Å². The van der Waals surface area contributed by atoms with E-state index < -0.39 is 0 Å². The molecule has 0 spiro atoms. The summed E-state index contributed by atoms with van der Waals surface area (Å²) in [5.41, 5.74) is 8.29. The lowest BCUT2D eigenvalue weighted by Crippen LogP contribution is -1.84. The van der Waals surface area contributed by atoms with Crippen molar-refractivity contribution in [3.05, 3.63) is 30.1 Å². The van der Waals surface area contributed by atoms with Gasteiger partial charge in [0.1, 0.15) is 5.82 Å². The molecule has 0 amide bonds. The van der Waals surface area contributed by atoms with Crippen molar-refractivity contribution in [2.75, 3.05) is 5.73 Å². The molecule has 1 aromatic carbocycles. The lowest BCUT2D eigenvalue weighted by molar-refractivity contribution is 0.460. The first-order valence-electron chi connectivity index (χ1n) is 4.91. The van der Waals surface area contributed by atoms with Crippen molar-refractivity contribution in [2.24, 2.45) is 0 Å². The average molecular weight is 214 g/mol. The zero-order valence-corrected chi connectivity index (χ0v) is 8.69. The third kappa shape index (κ3) is 1.25. The molecule has 16 heavy (non-hydrogen) atoms. The van der Waals surface area contributed by atoms with Crippen LogP contribution in [-0.4, -0.2) is 15.1 Å². The standard InChI is InChI=1S/C11H10N4O/c1-6-5-13-11(14-6)7-2-3-8-9(4-7)16-15-10(8)12/h2-5H,1H3,(H2,12,15)(H,13,14). The summed E-state index contributed by atoms with van der Waals surface area (Å²) in [6.07, 6.45) is 1.79. The van der Waals surface area contributed by atoms with Gasteiger partial charge in [0.25, 0.3) is 0 Å². The van der Waals surface area contributed by atoms with Crippen LogP contribution in [0.1, 0.15) is 5.69 Å². The minimum Gasteiger partial charge on any atom is -0.380 e. The van der Waals surface area contributed by atoms with Crippen LogP contribution in [0.15, 0.2) is 28.9 Å². The Morgan fingerprint density at radius 3 is 3.00 bits per heavy atom. The Bertz CT molecular complexity index is 653. The Balaban J connectivity index is 2.18. The quantitative estimate of drug-likeness (QED) is 0.650. The first-order valence-corrected chi connectivity index (χ1v) is 4.91. The summed E-state index contributed by atoms with van der Waals surface area (Å²) in [5, 5.41) is 4.53. The van der Waals surface area contributed by atoms with Gasteiger partial charge in [0, 0.05) is 17.5 Å². The summed E-state index contributed by atoms with van der Waals surface area (Å²) in [4.78, 5) is 7.41. The molecule has 0 atom stereocenters. The Kier molecular flexibility index (Phi) is 1.73. The van der Waals surface area contributed by atoms with Gasteiger partial charge in [0.15, 0.2) is 11.4 Å². The van der Waals surface area contributed by atoms with E-state index in [1.165, 1.54) is 0 Å². The van der Waals surface area contributed by atoms with Crippen LogP contribution in [0.25, 0.3) is 22.4 Å². The van der Waals surface area contributed by atoms with E-state index in [1.807, 2.05) is 25.1 Å². The van der Waals surface area contributed by atoms with Crippen LogP contribution in [-0.2, 0) is 0 Å². The van der Waals surface area contributed by atoms with E-state index in [9.17, 15) is 0 Å². The highest BCUT2D eigenvalue weighted by Gasteiger charge is 2.08. The molecule has 0 saturated carbocycles. The van der Waals surface area contributed by atoms with E-state index in [0.717, 1.165) is 22.5 Å². The largest absolute Gasteiger partial charge is 0.380 e. The molecule has 0 bridgehead atoms. The first kappa shape index (κ1) is 8.96. The predicted octanol–water partition coefficient (Wildman–Crippen LogP) is 2.11. The fourth-order valence-electron chi connectivity index (χ4n) is 1.66. The predicted molar refractivity (Wildman–Crippen MR) is 60.7 cm³/mol. The third-order valence-electron chi connectivity index (χ3n) is 2.48. The number of nitrogens with two attached hydrogens (primary N) is 1. The van der Waals surface area contributed by atoms with Crippen molar-refractivity contribution < 1.29 is 4.52 Å². The molecule has 0 fully saturated rings. The Morgan fingerprint density at radius 2 is 2.25 bits per heavy atom. The molecular weight excluding hydrogens is 204 g/mol. The number of rotatable bonds is 1. The molecule has 5 nitrogen and oxygen atoms in total. The molecule has 2 aromatic heterocycles. The van der Waals surface area contributed by atoms with Crippen LogP contribution < -0.4 is 5.73 Å². The lowest BCUT2D eigenvalue weighted by atomic mass is 10.1. The number of hydrogen-bond acceptors (Lipinski definition) is 4. The highest BCUT2D eigenvalue weighted by Crippen LogP contribution is 2.25. The molecule has 5 heteroatoms. The van der Waals surface area contributed by atoms with Gasteiger partial charge in [0.2, 0.25) is 0 Å². The number of imidazole rings is 1. The van der Waals surface area contributed by atoms with E-state index >= 15 is 0 Å². The van der Waals surface area contributed by atoms with Gasteiger partial charge in [0.05, 0.1) is 5.39 Å². The molecule has 2 heterocycles. The van der Waals surface area contributed by atoms with Crippen LogP contribution >= 0.6 is 0 Å². The van der Waals surface area contributed by atoms with Crippen molar-refractivity contribution in [2.45, 2.75) is 6.92 Å². The van der Waals surface area contributed by atoms with E-state index in [-0.39, 0.29) is 0 Å². The van der Waals surface area contributed by atoms with Crippen LogP contribution in [0.2, 0.25) is 0 Å². The number of fused-ring (bicyclic) bond motifs is 1. The van der Waals surface area contributed by atoms with E-state index in [4.69, 9.17) is 10.3 Å². The van der Waals surface area contributed by atoms with E-state index in [2.05, 4.69) is 15.1 Å². The van der Waals surface area contributed by atoms with Crippen molar-refractivity contribution in [3.63, 3.8) is 0 Å². The molecule has 0 saturated heterocycles. The summed E-state index contributed by atoms with van der Waals surface area (Å²) in [6, 6.07) is 5.69. The van der Waals surface area contributed by atoms with Gasteiger partial charge in [-0.1, -0.05) is 11.2 Å². The molecule has 3 N–H and O–H groups in total. The Labute approximate surface area is 91.3 Å². The summed E-state index contributed by atoms with van der Waals surface area (Å²) in [6.45, 7) is 1.96. The SMILES string of the molecule is Cc1cnc(-c2ccc3c(N)noc3c2)[nH]1. The van der Waals surface area contributed by atoms with Gasteiger partial charge >= 0.3 is 0 Å². The van der Waals surface area contributed by atoms with Gasteiger partial charge in [-0.15, -0.1) is 0 Å². The van der Waals surface area contributed by atoms with Gasteiger partial charge < -0.3 is 15.2 Å². The van der Waals surface area contributed by atoms with Crippen molar-refractivity contribution in [1.82, 2.24) is 15.1 Å². The van der Waals surface area contributed by atoms with Gasteiger partial charge in [-0.3, -0.25) is 0 Å². The molecule has 3 rings (SSSR count). The number of nitrogens with zero attached hydrogens (tertiary/aromatic N) is 2. The number of anilines is 1. The average Bonchev–Trinajstić information content (AvgIpc) is 2.86. The number of hydrogen-bond donors (Lipinski definition) is 2. The van der Waals surface area contributed by atoms with Crippen LogP contribution in [0.4, 0.5) is 5.82 Å². The fraction of sp³-hybridized carbons (Fsp3) is 0.0909. The van der Waals surface area contributed by atoms with Crippen molar-refractivity contribution >= 4 is 16.8 Å². The smallest absolute Gasteiger partial charge is 0.174 e. The van der Waals surface area contributed by atoms with Gasteiger partial charge in [-0.05, 0) is 19.1 Å². The number of H-pyrrole nitrogens is 1. The van der Waals surface area contributed by atoms with Gasteiger partial charge in [-0.2, -0.15) is 0 Å². The molecule has 0 aliphatic rings. The minimum atomic E-state index is 0.414. The number of nitrogens with one attached hydrogen (secondary N) is 1. The lowest BCUT2D eigenvalue weighted by Gasteiger charge is -1.95. The summed E-state index contributed by atoms with van der Waals surface area (Å²) >= 11 is 0. The molecule has 80 valence electrons. The van der Waals surface area contributed by atoms with Crippen LogP contribution in [0.3, 0.4) is 0 Å². The highest BCUT2D eigenvalue weighted by molar-refractivity contribution is 5.89. The van der Waals surface area contributed by atoms with Crippen LogP contribution in [0.5, 0.6) is 0 Å². The normalized spacial score (nSPS) is 11.1. The molecule has 0 aliphatic heterocycles. The fourth-order valence-corrected chi connectivity index (χ4v) is 1.66. The highest BCUT2D eigenvalue weighted by atomic mass is 16.5. The van der Waals surface area contributed by atoms with Crippen molar-refractivity contribution in [3.8, 4) is 11.4 Å². The zero-order chi connectivity index (χ0) is 11.1. The van der Waals surface area contributed by atoms with Gasteiger partial charge in [-0.25, -0.2) is 4.98 Å². The maximum atomic E-state index is 5.64. The van der Waals surface area contributed by atoms with Crippen molar-refractivity contribution in [1.29, 1.82) is 0 Å². The van der Waals surface area contributed by atoms with Crippen LogP contribution in [0, 0.1) is 6.92 Å².